The molecule has 0 spiro atoms. The molecule has 0 bridgehead atoms. The molecule has 0 aliphatic carbocycles. The Morgan fingerprint density at radius 2 is 2.18 bits per heavy atom. The van der Waals surface area contributed by atoms with E-state index in [2.05, 4.69) is 5.32 Å². The number of hydrogen-bond acceptors (Lipinski definition) is 4. The zero-order valence-electron chi connectivity index (χ0n) is 10.5. The fraction of sp³-hybridized carbons (Fsp3) is 0.462. The minimum absolute atomic E-state index is 0.320. The summed E-state index contributed by atoms with van der Waals surface area (Å²) in [5.74, 6) is 0.376. The number of benzene rings is 1. The molecular weight excluding hydrogens is 218 g/mol. The van der Waals surface area contributed by atoms with Crippen LogP contribution in [0.25, 0.3) is 0 Å². The fourth-order valence-electron chi connectivity index (χ4n) is 1.48. The zero-order chi connectivity index (χ0) is 12.7. The first-order valence-corrected chi connectivity index (χ1v) is 5.97. The molecule has 4 nitrogen and oxygen atoms in total. The Morgan fingerprint density at radius 3 is 2.88 bits per heavy atom. The van der Waals surface area contributed by atoms with E-state index in [1.807, 2.05) is 38.1 Å². The molecule has 4 heteroatoms. The number of esters is 1. The fourth-order valence-corrected chi connectivity index (χ4v) is 1.48. The van der Waals surface area contributed by atoms with Gasteiger partial charge in [0.1, 0.15) is 5.75 Å². The van der Waals surface area contributed by atoms with Crippen LogP contribution in [0.4, 0.5) is 5.69 Å². The van der Waals surface area contributed by atoms with Crippen molar-refractivity contribution >= 4 is 11.7 Å². The number of carbonyl (C=O) groups excluding carboxylic acids is 1. The van der Waals surface area contributed by atoms with E-state index >= 15 is 0 Å². The van der Waals surface area contributed by atoms with Crippen LogP contribution < -0.4 is 10.1 Å². The van der Waals surface area contributed by atoms with Gasteiger partial charge in [-0.15, -0.1) is 0 Å². The molecule has 1 heterocycles. The highest BCUT2D eigenvalue weighted by Gasteiger charge is 2.26. The van der Waals surface area contributed by atoms with Crippen molar-refractivity contribution in [3.63, 3.8) is 0 Å². The Morgan fingerprint density at radius 1 is 1.47 bits per heavy atom. The first kappa shape index (κ1) is 13.4. The summed E-state index contributed by atoms with van der Waals surface area (Å²) in [4.78, 5) is 11.4. The van der Waals surface area contributed by atoms with Gasteiger partial charge in [-0.25, -0.2) is 4.79 Å². The largest absolute Gasteiger partial charge is 0.475 e. The van der Waals surface area contributed by atoms with Crippen LogP contribution in [0.2, 0.25) is 0 Å². The number of carbonyl (C=O) groups is 1. The molecular formula is C13H19NO3. The highest BCUT2D eigenvalue weighted by atomic mass is 16.6. The van der Waals surface area contributed by atoms with Gasteiger partial charge in [0, 0.05) is 0 Å². The van der Waals surface area contributed by atoms with Crippen LogP contribution in [-0.2, 0) is 9.53 Å². The Labute approximate surface area is 102 Å². The third-order valence-electron chi connectivity index (χ3n) is 2.18. The number of anilines is 1. The average molecular weight is 237 g/mol. The minimum atomic E-state index is -0.542. The van der Waals surface area contributed by atoms with Gasteiger partial charge in [0.15, 0.2) is 0 Å². The highest BCUT2D eigenvalue weighted by molar-refractivity contribution is 5.77. The summed E-state index contributed by atoms with van der Waals surface area (Å²) in [7, 11) is 0. The van der Waals surface area contributed by atoms with E-state index in [1.54, 1.807) is 6.92 Å². The first-order chi connectivity index (χ1) is 8.31. The lowest BCUT2D eigenvalue weighted by Gasteiger charge is -2.25. The topological polar surface area (TPSA) is 47.6 Å². The van der Waals surface area contributed by atoms with Gasteiger partial charge in [0.05, 0.1) is 18.8 Å². The highest BCUT2D eigenvalue weighted by Crippen LogP contribution is 2.28. The van der Waals surface area contributed by atoms with E-state index in [-0.39, 0.29) is 5.97 Å². The van der Waals surface area contributed by atoms with Gasteiger partial charge in [0.25, 0.3) is 0 Å². The van der Waals surface area contributed by atoms with Crippen molar-refractivity contribution in [2.24, 2.45) is 0 Å². The Kier molecular flexibility index (Phi) is 5.33. The summed E-state index contributed by atoms with van der Waals surface area (Å²) in [6, 6.07) is 7.53. The number of ether oxygens (including phenoxy) is 2. The van der Waals surface area contributed by atoms with Gasteiger partial charge >= 0.3 is 5.97 Å². The number of fused-ring (bicyclic) bond motifs is 1. The van der Waals surface area contributed by atoms with E-state index in [1.165, 1.54) is 0 Å². The maximum absolute atomic E-state index is 11.4. The summed E-state index contributed by atoms with van der Waals surface area (Å²) < 4.78 is 10.4. The van der Waals surface area contributed by atoms with Crippen molar-refractivity contribution in [3.8, 4) is 5.75 Å². The van der Waals surface area contributed by atoms with E-state index in [9.17, 15) is 4.79 Å². The van der Waals surface area contributed by atoms with Crippen molar-refractivity contribution in [2.75, 3.05) is 18.5 Å². The molecule has 0 saturated heterocycles. The molecule has 2 rings (SSSR count). The summed E-state index contributed by atoms with van der Waals surface area (Å²) in [6.07, 6.45) is -0.542. The Balaban J connectivity index is 0.000000686. The van der Waals surface area contributed by atoms with Gasteiger partial charge in [-0.1, -0.05) is 26.0 Å². The molecule has 0 amide bonds. The molecule has 1 N–H and O–H groups in total. The molecule has 1 aromatic carbocycles. The van der Waals surface area contributed by atoms with Crippen LogP contribution in [0.3, 0.4) is 0 Å². The predicted molar refractivity (Wildman–Crippen MR) is 67.3 cm³/mol. The quantitative estimate of drug-likeness (QED) is 0.803. The molecule has 1 aromatic rings. The second-order valence-electron chi connectivity index (χ2n) is 3.24. The summed E-state index contributed by atoms with van der Waals surface area (Å²) in [6.45, 7) is 6.61. The van der Waals surface area contributed by atoms with Gasteiger partial charge in [0.2, 0.25) is 6.10 Å². The molecule has 1 atom stereocenters. The van der Waals surface area contributed by atoms with Gasteiger partial charge in [-0.05, 0) is 19.1 Å². The molecule has 1 unspecified atom stereocenters. The zero-order valence-corrected chi connectivity index (χ0v) is 10.5. The molecule has 0 radical (unpaired) electrons. The predicted octanol–water partition coefficient (Wildman–Crippen LogP) is 2.45. The Bertz CT molecular complexity index is 365. The van der Waals surface area contributed by atoms with Crippen molar-refractivity contribution in [1.29, 1.82) is 0 Å². The third-order valence-corrected chi connectivity index (χ3v) is 2.18. The second kappa shape index (κ2) is 6.78. The summed E-state index contributed by atoms with van der Waals surface area (Å²) in [5.41, 5.74) is 0.915. The normalized spacial score (nSPS) is 16.5. The number of para-hydroxylation sites is 2. The number of hydrogen-bond donors (Lipinski definition) is 1. The molecule has 0 aromatic heterocycles. The van der Waals surface area contributed by atoms with Crippen molar-refractivity contribution in [2.45, 2.75) is 26.9 Å². The monoisotopic (exact) mass is 237 g/mol. The van der Waals surface area contributed by atoms with Crippen LogP contribution in [0.15, 0.2) is 24.3 Å². The molecule has 0 fully saturated rings. The van der Waals surface area contributed by atoms with Gasteiger partial charge in [-0.2, -0.15) is 0 Å². The molecule has 1 aliphatic heterocycles. The second-order valence-corrected chi connectivity index (χ2v) is 3.24. The molecule has 17 heavy (non-hydrogen) atoms. The first-order valence-electron chi connectivity index (χ1n) is 5.97. The van der Waals surface area contributed by atoms with Crippen molar-refractivity contribution in [1.82, 2.24) is 0 Å². The van der Waals surface area contributed by atoms with E-state index < -0.39 is 6.10 Å². The Hall–Kier alpha value is -1.71. The molecule has 1 aliphatic rings. The molecule has 0 saturated carbocycles. The summed E-state index contributed by atoms with van der Waals surface area (Å²) in [5, 5.41) is 3.13. The van der Waals surface area contributed by atoms with Gasteiger partial charge in [-0.3, -0.25) is 0 Å². The van der Waals surface area contributed by atoms with Crippen molar-refractivity contribution in [3.05, 3.63) is 24.3 Å². The van der Waals surface area contributed by atoms with Crippen LogP contribution in [0.1, 0.15) is 20.8 Å². The number of nitrogens with one attached hydrogen (secondary N) is 1. The van der Waals surface area contributed by atoms with Crippen LogP contribution in [0.5, 0.6) is 5.75 Å². The third kappa shape index (κ3) is 3.37. The smallest absolute Gasteiger partial charge is 0.349 e. The lowest BCUT2D eigenvalue weighted by molar-refractivity contribution is -0.150. The SMILES string of the molecule is CC.CCOC(=O)C1CNc2ccccc2O1. The lowest BCUT2D eigenvalue weighted by Crippen LogP contribution is -2.38. The van der Waals surface area contributed by atoms with E-state index in [4.69, 9.17) is 9.47 Å². The van der Waals surface area contributed by atoms with E-state index in [0.717, 1.165) is 5.69 Å². The van der Waals surface area contributed by atoms with Crippen LogP contribution in [0, 0.1) is 0 Å². The summed E-state index contributed by atoms with van der Waals surface area (Å²) >= 11 is 0. The number of rotatable bonds is 2. The van der Waals surface area contributed by atoms with E-state index in [0.29, 0.717) is 18.9 Å². The standard InChI is InChI=1S/C11H13NO3.C2H6/c1-2-14-11(13)10-7-12-8-5-3-4-6-9(8)15-10;1-2/h3-6,10,12H,2,7H2,1H3;1-2H3. The van der Waals surface area contributed by atoms with Crippen LogP contribution in [-0.4, -0.2) is 25.2 Å². The average Bonchev–Trinajstić information content (AvgIpc) is 2.41. The van der Waals surface area contributed by atoms with Crippen molar-refractivity contribution < 1.29 is 14.3 Å². The van der Waals surface area contributed by atoms with Gasteiger partial charge < -0.3 is 14.8 Å². The maximum Gasteiger partial charge on any atom is 0.349 e. The maximum atomic E-state index is 11.4. The molecule has 94 valence electrons. The van der Waals surface area contributed by atoms with Crippen LogP contribution >= 0.6 is 0 Å². The lowest BCUT2D eigenvalue weighted by atomic mass is 10.2. The minimum Gasteiger partial charge on any atom is -0.475 e.